The van der Waals surface area contributed by atoms with Crippen LogP contribution in [-0.4, -0.2) is 64.3 Å². The number of nitrogens with zero attached hydrogens (tertiary/aromatic N) is 2. The second-order valence-electron chi connectivity index (χ2n) is 4.81. The summed E-state index contributed by atoms with van der Waals surface area (Å²) < 4.78 is 31.0. The molecule has 7 nitrogen and oxygen atoms in total. The molecule has 0 aliphatic carbocycles. The van der Waals surface area contributed by atoms with Crippen LogP contribution >= 0.6 is 11.3 Å². The molecule has 124 valence electrons. The molecule has 1 aromatic heterocycles. The van der Waals surface area contributed by atoms with Gasteiger partial charge in [-0.15, -0.1) is 0 Å². The molecule has 2 rings (SSSR count). The largest absolute Gasteiger partial charge is 0.379 e. The monoisotopic (exact) mass is 346 g/mol. The number of hydrogen-bond donors (Lipinski definition) is 2. The number of nitrogens with one attached hydrogen (secondary N) is 2. The van der Waals surface area contributed by atoms with E-state index >= 15 is 0 Å². The standard InChI is InChI=1S/C13H22N4O3S2/c1-14-13(16-10-12-2-8-21-11-12)15-3-9-22(18,19)17-4-6-20-7-5-17/h2,8,11H,3-7,9-10H2,1H3,(H2,14,15,16). The van der Waals surface area contributed by atoms with Crippen molar-refractivity contribution in [3.63, 3.8) is 0 Å². The van der Waals surface area contributed by atoms with Gasteiger partial charge in [-0.3, -0.25) is 4.99 Å². The van der Waals surface area contributed by atoms with Crippen LogP contribution in [0.25, 0.3) is 0 Å². The Labute approximate surface area is 135 Å². The fraction of sp³-hybridized carbons (Fsp3) is 0.615. The van der Waals surface area contributed by atoms with Crippen LogP contribution in [0.2, 0.25) is 0 Å². The molecule has 1 fully saturated rings. The lowest BCUT2D eigenvalue weighted by Gasteiger charge is -2.26. The van der Waals surface area contributed by atoms with Crippen molar-refractivity contribution in [2.75, 3.05) is 45.6 Å². The maximum absolute atomic E-state index is 12.2. The van der Waals surface area contributed by atoms with Gasteiger partial charge >= 0.3 is 0 Å². The Morgan fingerprint density at radius 1 is 1.41 bits per heavy atom. The number of guanidine groups is 1. The van der Waals surface area contributed by atoms with E-state index in [1.165, 1.54) is 9.87 Å². The number of hydrogen-bond acceptors (Lipinski definition) is 5. The molecule has 0 unspecified atom stereocenters. The van der Waals surface area contributed by atoms with Gasteiger partial charge in [0.25, 0.3) is 0 Å². The third-order valence-electron chi connectivity index (χ3n) is 3.28. The van der Waals surface area contributed by atoms with Gasteiger partial charge in [-0.05, 0) is 22.4 Å². The Morgan fingerprint density at radius 2 is 2.18 bits per heavy atom. The molecule has 2 heterocycles. The molecule has 9 heteroatoms. The first-order valence-corrected chi connectivity index (χ1v) is 9.68. The number of morpholine rings is 1. The first-order chi connectivity index (χ1) is 10.6. The summed E-state index contributed by atoms with van der Waals surface area (Å²) in [6.45, 7) is 2.80. The Bertz CT molecular complexity index is 566. The molecular weight excluding hydrogens is 324 g/mol. The molecule has 0 radical (unpaired) electrons. The van der Waals surface area contributed by atoms with Crippen LogP contribution in [0.15, 0.2) is 21.8 Å². The highest BCUT2D eigenvalue weighted by Gasteiger charge is 2.23. The molecule has 0 amide bonds. The highest BCUT2D eigenvalue weighted by molar-refractivity contribution is 7.89. The molecular formula is C13H22N4O3S2. The van der Waals surface area contributed by atoms with Crippen molar-refractivity contribution < 1.29 is 13.2 Å². The van der Waals surface area contributed by atoms with Gasteiger partial charge in [0.2, 0.25) is 10.0 Å². The summed E-state index contributed by atoms with van der Waals surface area (Å²) in [5.41, 5.74) is 1.17. The molecule has 0 bridgehead atoms. The van der Waals surface area contributed by atoms with E-state index in [1.54, 1.807) is 18.4 Å². The number of thiophene rings is 1. The SMILES string of the molecule is CN=C(NCCS(=O)(=O)N1CCOCC1)NCc1ccsc1. The van der Waals surface area contributed by atoms with Gasteiger partial charge in [0.1, 0.15) is 0 Å². The fourth-order valence-electron chi connectivity index (χ4n) is 2.05. The molecule has 2 N–H and O–H groups in total. The number of sulfonamides is 1. The molecule has 1 saturated heterocycles. The first-order valence-electron chi connectivity index (χ1n) is 7.13. The van der Waals surface area contributed by atoms with Crippen LogP contribution < -0.4 is 10.6 Å². The molecule has 0 atom stereocenters. The Morgan fingerprint density at radius 3 is 2.82 bits per heavy atom. The van der Waals surface area contributed by atoms with Crippen molar-refractivity contribution >= 4 is 27.3 Å². The molecule has 1 aliphatic rings. The summed E-state index contributed by atoms with van der Waals surface area (Å²) in [5.74, 6) is 0.648. The van der Waals surface area contributed by atoms with E-state index in [2.05, 4.69) is 21.0 Å². The maximum Gasteiger partial charge on any atom is 0.215 e. The van der Waals surface area contributed by atoms with Gasteiger partial charge in [-0.2, -0.15) is 15.6 Å². The van der Waals surface area contributed by atoms with Crippen molar-refractivity contribution in [1.82, 2.24) is 14.9 Å². The molecule has 0 saturated carbocycles. The van der Waals surface area contributed by atoms with E-state index in [-0.39, 0.29) is 5.75 Å². The highest BCUT2D eigenvalue weighted by atomic mass is 32.2. The van der Waals surface area contributed by atoms with E-state index in [9.17, 15) is 8.42 Å². The average Bonchev–Trinajstić information content (AvgIpc) is 3.05. The van der Waals surface area contributed by atoms with Gasteiger partial charge < -0.3 is 15.4 Å². The van der Waals surface area contributed by atoms with Gasteiger partial charge in [0.15, 0.2) is 5.96 Å². The second-order valence-corrected chi connectivity index (χ2v) is 7.68. The number of ether oxygens (including phenoxy) is 1. The zero-order chi connectivity index (χ0) is 15.8. The van der Waals surface area contributed by atoms with Crippen molar-refractivity contribution in [3.05, 3.63) is 22.4 Å². The summed E-state index contributed by atoms with van der Waals surface area (Å²) in [6.07, 6.45) is 0. The normalized spacial score (nSPS) is 17.4. The van der Waals surface area contributed by atoms with Gasteiger partial charge in [-0.1, -0.05) is 0 Å². The van der Waals surface area contributed by atoms with E-state index < -0.39 is 10.0 Å². The van der Waals surface area contributed by atoms with Crippen LogP contribution in [0, 0.1) is 0 Å². The van der Waals surface area contributed by atoms with Crippen molar-refractivity contribution in [2.24, 2.45) is 4.99 Å². The van der Waals surface area contributed by atoms with E-state index in [1.807, 2.05) is 11.4 Å². The predicted octanol–water partition coefficient (Wildman–Crippen LogP) is 0.0751. The van der Waals surface area contributed by atoms with E-state index in [0.717, 1.165) is 0 Å². The van der Waals surface area contributed by atoms with E-state index in [0.29, 0.717) is 45.4 Å². The van der Waals surface area contributed by atoms with Crippen LogP contribution in [-0.2, 0) is 21.3 Å². The highest BCUT2D eigenvalue weighted by Crippen LogP contribution is 2.05. The second kappa shape index (κ2) is 8.47. The lowest BCUT2D eigenvalue weighted by Crippen LogP contribution is -2.45. The summed E-state index contributed by atoms with van der Waals surface area (Å²) >= 11 is 1.64. The molecule has 0 aromatic carbocycles. The molecule has 0 spiro atoms. The summed E-state index contributed by atoms with van der Waals surface area (Å²) in [5, 5.41) is 10.3. The third kappa shape index (κ3) is 5.24. The molecule has 22 heavy (non-hydrogen) atoms. The van der Waals surface area contributed by atoms with Gasteiger partial charge in [0.05, 0.1) is 19.0 Å². The van der Waals surface area contributed by atoms with E-state index in [4.69, 9.17) is 4.74 Å². The van der Waals surface area contributed by atoms with Crippen LogP contribution in [0.1, 0.15) is 5.56 Å². The smallest absolute Gasteiger partial charge is 0.215 e. The topological polar surface area (TPSA) is 83.0 Å². The predicted molar refractivity (Wildman–Crippen MR) is 88.7 cm³/mol. The summed E-state index contributed by atoms with van der Waals surface area (Å²) in [6, 6.07) is 2.04. The Hall–Kier alpha value is -1.16. The quantitative estimate of drug-likeness (QED) is 0.563. The number of aliphatic imine (C=N–C) groups is 1. The first kappa shape index (κ1) is 17.2. The molecule has 1 aliphatic heterocycles. The van der Waals surface area contributed by atoms with Gasteiger partial charge in [-0.25, -0.2) is 8.42 Å². The van der Waals surface area contributed by atoms with Crippen LogP contribution in [0.4, 0.5) is 0 Å². The Balaban J connectivity index is 1.73. The number of rotatable bonds is 6. The zero-order valence-electron chi connectivity index (χ0n) is 12.6. The minimum absolute atomic E-state index is 0.0478. The summed E-state index contributed by atoms with van der Waals surface area (Å²) in [7, 11) is -1.57. The summed E-state index contributed by atoms with van der Waals surface area (Å²) in [4.78, 5) is 4.09. The maximum atomic E-state index is 12.2. The Kier molecular flexibility index (Phi) is 6.62. The van der Waals surface area contributed by atoms with Crippen molar-refractivity contribution in [2.45, 2.75) is 6.54 Å². The fourth-order valence-corrected chi connectivity index (χ4v) is 4.04. The molecule has 1 aromatic rings. The van der Waals surface area contributed by atoms with Crippen LogP contribution in [0.5, 0.6) is 0 Å². The van der Waals surface area contributed by atoms with Crippen molar-refractivity contribution in [1.29, 1.82) is 0 Å². The minimum atomic E-state index is -3.24. The lowest BCUT2D eigenvalue weighted by molar-refractivity contribution is 0.0730. The average molecular weight is 346 g/mol. The van der Waals surface area contributed by atoms with Crippen LogP contribution in [0.3, 0.4) is 0 Å². The lowest BCUT2D eigenvalue weighted by atomic mass is 10.3. The zero-order valence-corrected chi connectivity index (χ0v) is 14.3. The van der Waals surface area contributed by atoms with Gasteiger partial charge in [0, 0.05) is 33.2 Å². The minimum Gasteiger partial charge on any atom is -0.379 e. The third-order valence-corrected chi connectivity index (χ3v) is 5.88. The van der Waals surface area contributed by atoms with Crippen molar-refractivity contribution in [3.8, 4) is 0 Å².